The zero-order valence-electron chi connectivity index (χ0n) is 14.8. The largest absolute Gasteiger partial charge is 0.493 e. The van der Waals surface area contributed by atoms with Crippen molar-refractivity contribution >= 4 is 17.1 Å². The van der Waals surface area contributed by atoms with Crippen molar-refractivity contribution in [3.8, 4) is 28.3 Å². The van der Waals surface area contributed by atoms with Crippen LogP contribution in [0.4, 0.5) is 0 Å². The van der Waals surface area contributed by atoms with Gasteiger partial charge in [0.15, 0.2) is 11.2 Å². The lowest BCUT2D eigenvalue weighted by Gasteiger charge is -2.13. The average molecular weight is 377 g/mol. The van der Waals surface area contributed by atoms with E-state index in [0.717, 1.165) is 0 Å². The van der Waals surface area contributed by atoms with Gasteiger partial charge in [-0.3, -0.25) is 4.79 Å². The Morgan fingerprint density at radius 2 is 2.00 bits per heavy atom. The van der Waals surface area contributed by atoms with Gasteiger partial charge in [0.05, 0.1) is 17.7 Å². The van der Waals surface area contributed by atoms with Crippen LogP contribution >= 0.6 is 0 Å². The number of nitrogens with one attached hydrogen (secondary N) is 2. The second-order valence-corrected chi connectivity index (χ2v) is 5.92. The van der Waals surface area contributed by atoms with Crippen LogP contribution in [0.2, 0.25) is 0 Å². The van der Waals surface area contributed by atoms with Crippen molar-refractivity contribution in [1.82, 2.24) is 25.4 Å². The number of nitrogens with zero attached hydrogens (tertiary/aromatic N) is 3. The number of carboxylic acids is 1. The third kappa shape index (κ3) is 2.98. The number of hydrogen-bond donors (Lipinski definition) is 3. The Morgan fingerprint density at radius 1 is 1.18 bits per heavy atom. The number of H-pyrrole nitrogens is 2. The molecule has 0 amide bonds. The molecule has 0 bridgehead atoms. The molecule has 2 aromatic carbocycles. The van der Waals surface area contributed by atoms with Gasteiger partial charge in [-0.1, -0.05) is 29.5 Å². The SMILES string of the molecule is CCOc1cc(-c2ccccc2C(=O)O)ccc1-c1nc2[nH]nnc2c(=O)[nH]1. The maximum atomic E-state index is 12.2. The van der Waals surface area contributed by atoms with Crippen molar-refractivity contribution in [2.24, 2.45) is 0 Å². The zero-order valence-corrected chi connectivity index (χ0v) is 14.8. The van der Waals surface area contributed by atoms with Crippen molar-refractivity contribution in [3.05, 3.63) is 58.4 Å². The van der Waals surface area contributed by atoms with E-state index in [-0.39, 0.29) is 16.7 Å². The van der Waals surface area contributed by atoms with E-state index < -0.39 is 11.5 Å². The van der Waals surface area contributed by atoms with Crippen molar-refractivity contribution in [2.45, 2.75) is 6.92 Å². The highest BCUT2D eigenvalue weighted by Crippen LogP contribution is 2.34. The molecule has 0 aliphatic rings. The molecule has 28 heavy (non-hydrogen) atoms. The Labute approximate surface area is 158 Å². The zero-order chi connectivity index (χ0) is 19.7. The Morgan fingerprint density at radius 3 is 2.79 bits per heavy atom. The van der Waals surface area contributed by atoms with E-state index in [1.807, 2.05) is 6.92 Å². The number of ether oxygens (including phenoxy) is 1. The van der Waals surface area contributed by atoms with Gasteiger partial charge in [-0.25, -0.2) is 14.9 Å². The minimum absolute atomic E-state index is 0.119. The van der Waals surface area contributed by atoms with Crippen molar-refractivity contribution in [1.29, 1.82) is 0 Å². The van der Waals surface area contributed by atoms with E-state index in [9.17, 15) is 14.7 Å². The van der Waals surface area contributed by atoms with Crippen LogP contribution in [0, 0.1) is 0 Å². The monoisotopic (exact) mass is 377 g/mol. The molecule has 2 aromatic heterocycles. The fourth-order valence-corrected chi connectivity index (χ4v) is 2.97. The van der Waals surface area contributed by atoms with Gasteiger partial charge >= 0.3 is 5.97 Å². The molecule has 4 rings (SSSR count). The van der Waals surface area contributed by atoms with Crippen LogP contribution < -0.4 is 10.3 Å². The number of carboxylic acid groups (broad SMARTS) is 1. The molecule has 3 N–H and O–H groups in total. The molecule has 0 saturated carbocycles. The smallest absolute Gasteiger partial charge is 0.336 e. The molecule has 4 aromatic rings. The number of hydrogen-bond acceptors (Lipinski definition) is 6. The molecule has 140 valence electrons. The highest BCUT2D eigenvalue weighted by atomic mass is 16.5. The van der Waals surface area contributed by atoms with Crippen LogP contribution in [0.5, 0.6) is 5.75 Å². The summed E-state index contributed by atoms with van der Waals surface area (Å²) in [6.07, 6.45) is 0. The molecule has 9 heteroatoms. The first kappa shape index (κ1) is 17.4. The maximum absolute atomic E-state index is 12.2. The molecular formula is C19H15N5O4. The lowest BCUT2D eigenvalue weighted by molar-refractivity contribution is 0.0697. The van der Waals surface area contributed by atoms with E-state index in [2.05, 4.69) is 25.4 Å². The van der Waals surface area contributed by atoms with Gasteiger partial charge in [0.25, 0.3) is 5.56 Å². The Bertz CT molecular complexity index is 1240. The Hall–Kier alpha value is -4.01. The third-order valence-electron chi connectivity index (χ3n) is 4.21. The van der Waals surface area contributed by atoms with Gasteiger partial charge in [-0.2, -0.15) is 0 Å². The summed E-state index contributed by atoms with van der Waals surface area (Å²) >= 11 is 0. The molecule has 0 atom stereocenters. The molecule has 0 saturated heterocycles. The lowest BCUT2D eigenvalue weighted by Crippen LogP contribution is -2.10. The summed E-state index contributed by atoms with van der Waals surface area (Å²) in [6, 6.07) is 11.9. The number of rotatable bonds is 5. The van der Waals surface area contributed by atoms with E-state index in [4.69, 9.17) is 4.74 Å². The summed E-state index contributed by atoms with van der Waals surface area (Å²) in [5.74, 6) is -0.249. The van der Waals surface area contributed by atoms with Crippen molar-refractivity contribution in [2.75, 3.05) is 6.61 Å². The highest BCUT2D eigenvalue weighted by Gasteiger charge is 2.16. The first-order valence-corrected chi connectivity index (χ1v) is 8.49. The normalized spacial score (nSPS) is 10.9. The first-order chi connectivity index (χ1) is 13.6. The predicted molar refractivity (Wildman–Crippen MR) is 101 cm³/mol. The summed E-state index contributed by atoms with van der Waals surface area (Å²) in [6.45, 7) is 2.22. The maximum Gasteiger partial charge on any atom is 0.336 e. The quantitative estimate of drug-likeness (QED) is 0.486. The van der Waals surface area contributed by atoms with Gasteiger partial charge in [0.1, 0.15) is 11.6 Å². The molecule has 0 fully saturated rings. The summed E-state index contributed by atoms with van der Waals surface area (Å²) in [7, 11) is 0. The fraction of sp³-hybridized carbons (Fsp3) is 0.105. The number of fused-ring (bicyclic) bond motifs is 1. The molecule has 0 radical (unpaired) electrons. The molecule has 0 aliphatic carbocycles. The van der Waals surface area contributed by atoms with Crippen molar-refractivity contribution < 1.29 is 14.6 Å². The van der Waals surface area contributed by atoms with Gasteiger partial charge < -0.3 is 14.8 Å². The number of benzene rings is 2. The van der Waals surface area contributed by atoms with Crippen LogP contribution in [0.15, 0.2) is 47.3 Å². The lowest BCUT2D eigenvalue weighted by atomic mass is 9.98. The van der Waals surface area contributed by atoms with Crippen LogP contribution in [-0.2, 0) is 0 Å². The van der Waals surface area contributed by atoms with Crippen LogP contribution in [0.1, 0.15) is 17.3 Å². The molecule has 0 aliphatic heterocycles. The van der Waals surface area contributed by atoms with E-state index in [1.165, 1.54) is 0 Å². The van der Waals surface area contributed by atoms with E-state index in [0.29, 0.717) is 34.9 Å². The summed E-state index contributed by atoms with van der Waals surface area (Å²) < 4.78 is 5.74. The first-order valence-electron chi connectivity index (χ1n) is 8.49. The fourth-order valence-electron chi connectivity index (χ4n) is 2.97. The van der Waals surface area contributed by atoms with Crippen molar-refractivity contribution in [3.63, 3.8) is 0 Å². The molecular weight excluding hydrogens is 362 g/mol. The van der Waals surface area contributed by atoms with E-state index >= 15 is 0 Å². The Kier molecular flexibility index (Phi) is 4.32. The topological polar surface area (TPSA) is 134 Å². The molecule has 9 nitrogen and oxygen atoms in total. The van der Waals surface area contributed by atoms with E-state index in [1.54, 1.807) is 42.5 Å². The minimum Gasteiger partial charge on any atom is -0.493 e. The number of carbonyl (C=O) groups is 1. The summed E-state index contributed by atoms with van der Waals surface area (Å²) in [4.78, 5) is 30.7. The molecule has 0 spiro atoms. The Balaban J connectivity index is 1.88. The number of aromatic carboxylic acids is 1. The number of aromatic amines is 2. The number of aromatic nitrogens is 5. The van der Waals surface area contributed by atoms with Gasteiger partial charge in [0.2, 0.25) is 0 Å². The second-order valence-electron chi connectivity index (χ2n) is 5.92. The molecule has 2 heterocycles. The highest BCUT2D eigenvalue weighted by molar-refractivity contribution is 5.96. The summed E-state index contributed by atoms with van der Waals surface area (Å²) in [5.41, 5.74) is 1.96. The van der Waals surface area contributed by atoms with Crippen LogP contribution in [0.3, 0.4) is 0 Å². The van der Waals surface area contributed by atoms with Gasteiger partial charge in [-0.15, -0.1) is 5.10 Å². The van der Waals surface area contributed by atoms with Gasteiger partial charge in [0, 0.05) is 0 Å². The second kappa shape index (κ2) is 6.95. The molecule has 0 unspecified atom stereocenters. The standard InChI is InChI=1S/C19H15N5O4/c1-2-28-14-9-10(11-5-3-4-6-12(11)19(26)27)7-8-13(14)16-20-17-15(18(25)21-16)22-24-23-17/h3-9H,2H2,1H3,(H,26,27)(H2,20,21,22,23,24,25). The van der Waals surface area contributed by atoms with Crippen LogP contribution in [-0.4, -0.2) is 43.1 Å². The minimum atomic E-state index is -1.01. The average Bonchev–Trinajstić information content (AvgIpc) is 3.17. The third-order valence-corrected chi connectivity index (χ3v) is 4.21. The predicted octanol–water partition coefficient (Wildman–Crippen LogP) is 2.47. The van der Waals surface area contributed by atoms with Crippen LogP contribution in [0.25, 0.3) is 33.7 Å². The summed E-state index contributed by atoms with van der Waals surface area (Å²) in [5, 5.41) is 19.3. The van der Waals surface area contributed by atoms with Gasteiger partial charge in [-0.05, 0) is 36.2 Å².